The summed E-state index contributed by atoms with van der Waals surface area (Å²) in [5.41, 5.74) is 6.53. The lowest BCUT2D eigenvalue weighted by molar-refractivity contribution is 0.416. The van der Waals surface area contributed by atoms with Crippen LogP contribution in [0.15, 0.2) is 61.4 Å². The van der Waals surface area contributed by atoms with Crippen molar-refractivity contribution in [3.8, 4) is 22.6 Å². The van der Waals surface area contributed by atoms with Gasteiger partial charge in [-0.05, 0) is 38.1 Å². The largest absolute Gasteiger partial charge is 0.496 e. The van der Waals surface area contributed by atoms with Crippen LogP contribution in [-0.2, 0) is 6.54 Å². The Bertz CT molecular complexity index is 1320. The minimum atomic E-state index is 0.662. The molecule has 150 valence electrons. The summed E-state index contributed by atoms with van der Waals surface area (Å²) in [6.07, 6.45) is 9.18. The molecule has 0 aliphatic rings. The zero-order valence-electron chi connectivity index (χ0n) is 17.0. The van der Waals surface area contributed by atoms with E-state index in [0.717, 1.165) is 45.3 Å². The fraction of sp³-hybridized carbons (Fsp3) is 0.182. The molecule has 0 aliphatic carbocycles. The molecule has 0 radical (unpaired) electrons. The minimum absolute atomic E-state index is 0.662. The van der Waals surface area contributed by atoms with E-state index in [9.17, 15) is 0 Å². The topological polar surface area (TPSA) is 75.1 Å². The molecular formula is C22H21N7O. The van der Waals surface area contributed by atoms with Crippen LogP contribution in [0.3, 0.4) is 0 Å². The Morgan fingerprint density at radius 2 is 1.97 bits per heavy atom. The van der Waals surface area contributed by atoms with Crippen molar-refractivity contribution in [1.82, 2.24) is 33.9 Å². The van der Waals surface area contributed by atoms with E-state index in [1.165, 1.54) is 0 Å². The van der Waals surface area contributed by atoms with Gasteiger partial charge in [0, 0.05) is 42.1 Å². The second-order valence-electron chi connectivity index (χ2n) is 7.15. The van der Waals surface area contributed by atoms with Crippen LogP contribution < -0.4 is 4.74 Å². The molecular weight excluding hydrogens is 378 g/mol. The van der Waals surface area contributed by atoms with Gasteiger partial charge in [0.25, 0.3) is 0 Å². The molecule has 0 saturated heterocycles. The van der Waals surface area contributed by atoms with Gasteiger partial charge in [-0.2, -0.15) is 10.2 Å². The van der Waals surface area contributed by atoms with Gasteiger partial charge in [-0.1, -0.05) is 0 Å². The van der Waals surface area contributed by atoms with Crippen molar-refractivity contribution >= 4 is 5.65 Å². The molecule has 0 spiro atoms. The second-order valence-corrected chi connectivity index (χ2v) is 7.15. The van der Waals surface area contributed by atoms with Crippen LogP contribution in [0.4, 0.5) is 0 Å². The molecule has 0 amide bonds. The predicted octanol–water partition coefficient (Wildman–Crippen LogP) is 3.45. The van der Waals surface area contributed by atoms with Gasteiger partial charge in [-0.3, -0.25) is 0 Å². The van der Waals surface area contributed by atoms with E-state index < -0.39 is 0 Å². The summed E-state index contributed by atoms with van der Waals surface area (Å²) in [6, 6.07) is 9.99. The molecule has 5 aromatic rings. The summed E-state index contributed by atoms with van der Waals surface area (Å²) in [4.78, 5) is 8.95. The number of methoxy groups -OCH3 is 1. The summed E-state index contributed by atoms with van der Waals surface area (Å²) < 4.78 is 11.5. The quantitative estimate of drug-likeness (QED) is 0.452. The first-order valence-electron chi connectivity index (χ1n) is 9.64. The van der Waals surface area contributed by atoms with E-state index in [2.05, 4.69) is 16.1 Å². The van der Waals surface area contributed by atoms with Crippen molar-refractivity contribution in [2.45, 2.75) is 20.4 Å². The number of fused-ring (bicyclic) bond motifs is 1. The first-order chi connectivity index (χ1) is 14.6. The van der Waals surface area contributed by atoms with Gasteiger partial charge in [-0.15, -0.1) is 0 Å². The maximum absolute atomic E-state index is 5.74. The zero-order valence-corrected chi connectivity index (χ0v) is 17.0. The number of benzene rings is 1. The molecule has 0 unspecified atom stereocenters. The fourth-order valence-electron chi connectivity index (χ4n) is 3.77. The van der Waals surface area contributed by atoms with Gasteiger partial charge in [0.1, 0.15) is 5.75 Å². The van der Waals surface area contributed by atoms with Crippen molar-refractivity contribution in [3.63, 3.8) is 0 Å². The molecule has 30 heavy (non-hydrogen) atoms. The summed E-state index contributed by atoms with van der Waals surface area (Å²) in [6.45, 7) is 4.67. The molecule has 1 aromatic carbocycles. The van der Waals surface area contributed by atoms with Crippen LogP contribution in [0.2, 0.25) is 0 Å². The molecule has 0 N–H and O–H groups in total. The van der Waals surface area contributed by atoms with Gasteiger partial charge in [-0.25, -0.2) is 19.2 Å². The third-order valence-electron chi connectivity index (χ3n) is 5.09. The summed E-state index contributed by atoms with van der Waals surface area (Å²) in [5.74, 6) is 0.750. The molecule has 4 aromatic heterocycles. The number of hydrogen-bond acceptors (Lipinski definition) is 5. The summed E-state index contributed by atoms with van der Waals surface area (Å²) >= 11 is 0. The SMILES string of the molecule is COc1cc(-n2cccn2)ccc1-c1c(C)nn2c(Cn3ccnc3)cc(C)nc12. The van der Waals surface area contributed by atoms with Gasteiger partial charge < -0.3 is 9.30 Å². The normalized spacial score (nSPS) is 11.3. The number of nitrogens with zero attached hydrogens (tertiary/aromatic N) is 7. The van der Waals surface area contributed by atoms with E-state index in [1.54, 1.807) is 30.5 Å². The lowest BCUT2D eigenvalue weighted by atomic mass is 10.0. The van der Waals surface area contributed by atoms with Crippen LogP contribution >= 0.6 is 0 Å². The Morgan fingerprint density at radius 1 is 1.07 bits per heavy atom. The molecule has 0 aliphatic heterocycles. The first-order valence-corrected chi connectivity index (χ1v) is 9.64. The van der Waals surface area contributed by atoms with E-state index in [1.807, 2.05) is 59.6 Å². The highest BCUT2D eigenvalue weighted by atomic mass is 16.5. The predicted molar refractivity (Wildman–Crippen MR) is 113 cm³/mol. The van der Waals surface area contributed by atoms with E-state index in [0.29, 0.717) is 6.54 Å². The Labute approximate surface area is 173 Å². The molecule has 8 nitrogen and oxygen atoms in total. The van der Waals surface area contributed by atoms with Crippen molar-refractivity contribution in [2.24, 2.45) is 0 Å². The first kappa shape index (κ1) is 18.1. The zero-order chi connectivity index (χ0) is 20.7. The van der Waals surface area contributed by atoms with E-state index >= 15 is 0 Å². The number of rotatable bonds is 5. The van der Waals surface area contributed by atoms with Gasteiger partial charge >= 0.3 is 0 Å². The van der Waals surface area contributed by atoms with Crippen molar-refractivity contribution < 1.29 is 4.74 Å². The average Bonchev–Trinajstić information content (AvgIpc) is 3.49. The Balaban J connectivity index is 1.68. The van der Waals surface area contributed by atoms with Crippen LogP contribution in [-0.4, -0.2) is 41.0 Å². The molecule has 8 heteroatoms. The van der Waals surface area contributed by atoms with Crippen LogP contribution in [0, 0.1) is 13.8 Å². The smallest absolute Gasteiger partial charge is 0.163 e. The highest BCUT2D eigenvalue weighted by molar-refractivity contribution is 5.84. The van der Waals surface area contributed by atoms with Gasteiger partial charge in [0.15, 0.2) is 5.65 Å². The van der Waals surface area contributed by atoms with Crippen LogP contribution in [0.5, 0.6) is 5.75 Å². The van der Waals surface area contributed by atoms with Crippen molar-refractivity contribution in [3.05, 3.63) is 78.5 Å². The second kappa shape index (κ2) is 7.14. The highest BCUT2D eigenvalue weighted by Crippen LogP contribution is 2.36. The number of hydrogen-bond donors (Lipinski definition) is 0. The van der Waals surface area contributed by atoms with Crippen LogP contribution in [0.25, 0.3) is 22.5 Å². The summed E-state index contributed by atoms with van der Waals surface area (Å²) in [5, 5.41) is 9.11. The molecule has 0 saturated carbocycles. The molecule has 0 fully saturated rings. The third kappa shape index (κ3) is 3.02. The number of imidazole rings is 1. The monoisotopic (exact) mass is 399 g/mol. The fourth-order valence-corrected chi connectivity index (χ4v) is 3.77. The Kier molecular flexibility index (Phi) is 4.31. The number of aromatic nitrogens is 7. The van der Waals surface area contributed by atoms with Gasteiger partial charge in [0.2, 0.25) is 0 Å². The lowest BCUT2D eigenvalue weighted by Gasteiger charge is -2.11. The minimum Gasteiger partial charge on any atom is -0.496 e. The molecule has 4 heterocycles. The van der Waals surface area contributed by atoms with Crippen molar-refractivity contribution in [2.75, 3.05) is 7.11 Å². The molecule has 0 bridgehead atoms. The highest BCUT2D eigenvalue weighted by Gasteiger charge is 2.19. The standard InChI is InChI=1S/C22H21N7O/c1-15-11-18(13-27-10-8-23-14-27)29-22(25-15)21(16(2)26-29)19-6-5-17(12-20(19)30-3)28-9-4-7-24-28/h4-12,14H,13H2,1-3H3. The Morgan fingerprint density at radius 3 is 2.70 bits per heavy atom. The maximum atomic E-state index is 5.74. The molecule has 0 atom stereocenters. The summed E-state index contributed by atoms with van der Waals surface area (Å²) in [7, 11) is 1.68. The average molecular weight is 399 g/mol. The number of aryl methyl sites for hydroxylation is 2. The lowest BCUT2D eigenvalue weighted by Crippen LogP contribution is -2.06. The third-order valence-corrected chi connectivity index (χ3v) is 5.09. The van der Waals surface area contributed by atoms with Gasteiger partial charge in [0.05, 0.1) is 42.6 Å². The Hall–Kier alpha value is -3.94. The van der Waals surface area contributed by atoms with Crippen molar-refractivity contribution in [1.29, 1.82) is 0 Å². The van der Waals surface area contributed by atoms with Crippen LogP contribution in [0.1, 0.15) is 17.1 Å². The molecule has 5 rings (SSSR count). The van der Waals surface area contributed by atoms with E-state index in [-0.39, 0.29) is 0 Å². The van der Waals surface area contributed by atoms with E-state index in [4.69, 9.17) is 14.8 Å². The number of ether oxygens (including phenoxy) is 1. The maximum Gasteiger partial charge on any atom is 0.163 e.